The van der Waals surface area contributed by atoms with Gasteiger partial charge in [0, 0.05) is 31.2 Å². The van der Waals surface area contributed by atoms with Crippen LogP contribution in [0.25, 0.3) is 0 Å². The number of benzene rings is 1. The number of methoxy groups -OCH3 is 1. The summed E-state index contributed by atoms with van der Waals surface area (Å²) in [5, 5.41) is 9.35. The van der Waals surface area contributed by atoms with Crippen LogP contribution in [-0.2, 0) is 20.7 Å². The van der Waals surface area contributed by atoms with Crippen LogP contribution in [0.2, 0.25) is 0 Å². The van der Waals surface area contributed by atoms with Crippen LogP contribution in [0, 0.1) is 10.8 Å². The lowest BCUT2D eigenvalue weighted by molar-refractivity contribution is -0.121. The summed E-state index contributed by atoms with van der Waals surface area (Å²) in [6.07, 6.45) is 2.81. The lowest BCUT2D eigenvalue weighted by atomic mass is 9.79. The van der Waals surface area contributed by atoms with E-state index in [-0.39, 0.29) is 35.1 Å². The third kappa shape index (κ3) is 9.15. The molecule has 6 nitrogen and oxygen atoms in total. The Hall–Kier alpha value is -1.63. The quantitative estimate of drug-likeness (QED) is 0.597. The van der Waals surface area contributed by atoms with E-state index < -0.39 is 0 Å². The largest absolute Gasteiger partial charge is 0.384 e. The Balaban J connectivity index is 0.00000420. The van der Waals surface area contributed by atoms with E-state index in [0.29, 0.717) is 26.0 Å². The average Bonchev–Trinajstić information content (AvgIpc) is 2.61. The molecular formula is C22H36ClN3O3. The van der Waals surface area contributed by atoms with Gasteiger partial charge in [0.1, 0.15) is 0 Å². The zero-order valence-corrected chi connectivity index (χ0v) is 18.9. The SMILES string of the molecule is COCC1(CNC(=O)Cc2ccc(NC(=O)CC(C)(C)C)cc2)CCNCC1.Cl. The lowest BCUT2D eigenvalue weighted by Gasteiger charge is -2.37. The van der Waals surface area contributed by atoms with Gasteiger partial charge in [-0.1, -0.05) is 32.9 Å². The Morgan fingerprint density at radius 2 is 1.72 bits per heavy atom. The highest BCUT2D eigenvalue weighted by atomic mass is 35.5. The number of hydrogen-bond donors (Lipinski definition) is 3. The fourth-order valence-corrected chi connectivity index (χ4v) is 3.56. The highest BCUT2D eigenvalue weighted by Gasteiger charge is 2.32. The van der Waals surface area contributed by atoms with Crippen LogP contribution in [0.15, 0.2) is 24.3 Å². The highest BCUT2D eigenvalue weighted by molar-refractivity contribution is 5.91. The van der Waals surface area contributed by atoms with Crippen molar-refractivity contribution in [1.29, 1.82) is 0 Å². The summed E-state index contributed by atoms with van der Waals surface area (Å²) >= 11 is 0. The lowest BCUT2D eigenvalue weighted by Crippen LogP contribution is -2.47. The minimum absolute atomic E-state index is 0. The van der Waals surface area contributed by atoms with Crippen LogP contribution in [0.5, 0.6) is 0 Å². The van der Waals surface area contributed by atoms with Crippen molar-refractivity contribution in [2.24, 2.45) is 10.8 Å². The van der Waals surface area contributed by atoms with E-state index in [9.17, 15) is 9.59 Å². The van der Waals surface area contributed by atoms with Gasteiger partial charge < -0.3 is 20.7 Å². The number of piperidine rings is 1. The van der Waals surface area contributed by atoms with Gasteiger partial charge in [-0.05, 0) is 49.0 Å². The van der Waals surface area contributed by atoms with E-state index in [1.807, 2.05) is 45.0 Å². The molecule has 0 atom stereocenters. The first kappa shape index (κ1) is 25.4. The topological polar surface area (TPSA) is 79.5 Å². The maximum absolute atomic E-state index is 12.4. The number of hydrogen-bond acceptors (Lipinski definition) is 4. The van der Waals surface area contributed by atoms with Gasteiger partial charge in [-0.3, -0.25) is 9.59 Å². The fraction of sp³-hybridized carbons (Fsp3) is 0.636. The number of carbonyl (C=O) groups excluding carboxylic acids is 2. The zero-order chi connectivity index (χ0) is 20.6. The predicted molar refractivity (Wildman–Crippen MR) is 120 cm³/mol. The Morgan fingerprint density at radius 3 is 2.28 bits per heavy atom. The molecule has 1 aliphatic rings. The summed E-state index contributed by atoms with van der Waals surface area (Å²) < 4.78 is 5.40. The number of anilines is 1. The molecule has 2 amide bonds. The van der Waals surface area contributed by atoms with Crippen LogP contribution in [-0.4, -0.2) is 45.2 Å². The molecule has 0 aromatic heterocycles. The first-order valence-corrected chi connectivity index (χ1v) is 10.1. The van der Waals surface area contributed by atoms with Crippen molar-refractivity contribution in [3.63, 3.8) is 0 Å². The first-order valence-electron chi connectivity index (χ1n) is 10.1. The summed E-state index contributed by atoms with van der Waals surface area (Å²) in [7, 11) is 1.72. The van der Waals surface area contributed by atoms with Crippen LogP contribution in [0.3, 0.4) is 0 Å². The summed E-state index contributed by atoms with van der Waals surface area (Å²) in [5.41, 5.74) is 1.66. The van der Waals surface area contributed by atoms with Crippen LogP contribution in [0.1, 0.15) is 45.6 Å². The summed E-state index contributed by atoms with van der Waals surface area (Å²) in [5.74, 6) is 0.0157. The molecule has 1 heterocycles. The second-order valence-corrected chi connectivity index (χ2v) is 9.12. The molecule has 0 radical (unpaired) electrons. The first-order chi connectivity index (χ1) is 13.2. The summed E-state index contributed by atoms with van der Waals surface area (Å²) in [6, 6.07) is 7.48. The number of amides is 2. The summed E-state index contributed by atoms with van der Waals surface area (Å²) in [6.45, 7) is 9.34. The molecule has 29 heavy (non-hydrogen) atoms. The number of ether oxygens (including phenoxy) is 1. The van der Waals surface area contributed by atoms with Gasteiger partial charge in [0.05, 0.1) is 13.0 Å². The van der Waals surface area contributed by atoms with Gasteiger partial charge >= 0.3 is 0 Å². The molecule has 0 unspecified atom stereocenters. The number of rotatable bonds is 8. The second kappa shape index (κ2) is 11.5. The third-order valence-electron chi connectivity index (χ3n) is 5.07. The van der Waals surface area contributed by atoms with Crippen molar-refractivity contribution in [2.45, 2.75) is 46.5 Å². The van der Waals surface area contributed by atoms with Crippen molar-refractivity contribution in [1.82, 2.24) is 10.6 Å². The van der Waals surface area contributed by atoms with Gasteiger partial charge in [0.25, 0.3) is 0 Å². The molecule has 2 rings (SSSR count). The number of halogens is 1. The maximum atomic E-state index is 12.4. The van der Waals surface area contributed by atoms with Gasteiger partial charge in [-0.15, -0.1) is 12.4 Å². The minimum Gasteiger partial charge on any atom is -0.384 e. The van der Waals surface area contributed by atoms with Crippen molar-refractivity contribution in [3.05, 3.63) is 29.8 Å². The standard InChI is InChI=1S/C22H35N3O3.ClH/c1-21(2,3)14-20(27)25-18-7-5-17(6-8-18)13-19(26)24-15-22(16-28-4)9-11-23-12-10-22;/h5-8,23H,9-16H2,1-4H3,(H,24,26)(H,25,27);1H. The Morgan fingerprint density at radius 1 is 1.10 bits per heavy atom. The van der Waals surface area contributed by atoms with Crippen molar-refractivity contribution in [2.75, 3.05) is 38.7 Å². The number of carbonyl (C=O) groups is 2. The maximum Gasteiger partial charge on any atom is 0.224 e. The molecule has 0 spiro atoms. The van der Waals surface area contributed by atoms with Crippen LogP contribution >= 0.6 is 12.4 Å². The average molecular weight is 426 g/mol. The van der Waals surface area contributed by atoms with E-state index in [0.717, 1.165) is 37.2 Å². The molecule has 1 aromatic rings. The predicted octanol–water partition coefficient (Wildman–Crippen LogP) is 3.16. The Labute approximate surface area is 181 Å². The molecule has 0 saturated carbocycles. The molecule has 1 aromatic carbocycles. The van der Waals surface area contributed by atoms with Crippen LogP contribution < -0.4 is 16.0 Å². The molecule has 0 bridgehead atoms. The van der Waals surface area contributed by atoms with Crippen LogP contribution in [0.4, 0.5) is 5.69 Å². The Bertz CT molecular complexity index is 645. The van der Waals surface area contributed by atoms with Gasteiger partial charge in [0.2, 0.25) is 11.8 Å². The van der Waals surface area contributed by atoms with Crippen molar-refractivity contribution >= 4 is 29.9 Å². The monoisotopic (exact) mass is 425 g/mol. The second-order valence-electron chi connectivity index (χ2n) is 9.12. The zero-order valence-electron chi connectivity index (χ0n) is 18.1. The normalized spacial score (nSPS) is 15.9. The van der Waals surface area contributed by atoms with E-state index in [1.165, 1.54) is 0 Å². The molecule has 1 aliphatic heterocycles. The van der Waals surface area contributed by atoms with Gasteiger partial charge in [-0.2, -0.15) is 0 Å². The van der Waals surface area contributed by atoms with Crippen molar-refractivity contribution < 1.29 is 14.3 Å². The Kier molecular flexibility index (Phi) is 10.1. The molecule has 0 aliphatic carbocycles. The molecule has 7 heteroatoms. The highest BCUT2D eigenvalue weighted by Crippen LogP contribution is 2.28. The molecular weight excluding hydrogens is 390 g/mol. The van der Waals surface area contributed by atoms with E-state index in [4.69, 9.17) is 4.74 Å². The molecule has 164 valence electrons. The summed E-state index contributed by atoms with van der Waals surface area (Å²) in [4.78, 5) is 24.4. The fourth-order valence-electron chi connectivity index (χ4n) is 3.56. The van der Waals surface area contributed by atoms with E-state index >= 15 is 0 Å². The smallest absolute Gasteiger partial charge is 0.224 e. The number of nitrogens with one attached hydrogen (secondary N) is 3. The molecule has 3 N–H and O–H groups in total. The minimum atomic E-state index is -0.0450. The molecule has 1 saturated heterocycles. The van der Waals surface area contributed by atoms with Gasteiger partial charge in [0.15, 0.2) is 0 Å². The van der Waals surface area contributed by atoms with Gasteiger partial charge in [-0.25, -0.2) is 0 Å². The van der Waals surface area contributed by atoms with E-state index in [2.05, 4.69) is 16.0 Å². The van der Waals surface area contributed by atoms with Crippen molar-refractivity contribution in [3.8, 4) is 0 Å². The molecule has 1 fully saturated rings. The third-order valence-corrected chi connectivity index (χ3v) is 5.07. The van der Waals surface area contributed by atoms with E-state index in [1.54, 1.807) is 7.11 Å².